The molecule has 3 nitrogen and oxygen atoms in total. The molecule has 1 unspecified atom stereocenters. The van der Waals surface area contributed by atoms with E-state index in [1.807, 2.05) is 0 Å². The second-order valence-corrected chi connectivity index (χ2v) is 3.44. The quantitative estimate of drug-likeness (QED) is 0.782. The van der Waals surface area contributed by atoms with Crippen LogP contribution in [0, 0.1) is 11.6 Å². The van der Waals surface area contributed by atoms with Crippen molar-refractivity contribution in [2.24, 2.45) is 5.73 Å². The minimum absolute atomic E-state index is 0.209. The first-order chi connectivity index (χ1) is 8.11. The van der Waals surface area contributed by atoms with Crippen LogP contribution in [0.25, 0.3) is 0 Å². The first-order valence-electron chi connectivity index (χ1n) is 5.54. The van der Waals surface area contributed by atoms with Crippen LogP contribution in [-0.2, 0) is 9.47 Å². The molecule has 0 spiro atoms. The van der Waals surface area contributed by atoms with Gasteiger partial charge in [-0.1, -0.05) is 6.07 Å². The van der Waals surface area contributed by atoms with E-state index in [0.717, 1.165) is 12.1 Å². The molecule has 0 fully saturated rings. The molecule has 0 saturated heterocycles. The molecule has 0 radical (unpaired) electrons. The van der Waals surface area contributed by atoms with Crippen LogP contribution < -0.4 is 5.73 Å². The maximum atomic E-state index is 13.5. The molecule has 0 heterocycles. The van der Waals surface area contributed by atoms with E-state index < -0.39 is 24.0 Å². The highest BCUT2D eigenvalue weighted by atomic mass is 19.1. The number of ether oxygens (including phenoxy) is 2. The summed E-state index contributed by atoms with van der Waals surface area (Å²) in [6, 6.07) is 2.62. The Morgan fingerprint density at radius 3 is 2.00 bits per heavy atom. The summed E-state index contributed by atoms with van der Waals surface area (Å²) < 4.78 is 37.5. The minimum Gasteiger partial charge on any atom is -0.351 e. The molecule has 0 bridgehead atoms. The molecule has 17 heavy (non-hydrogen) atoms. The predicted octanol–water partition coefficient (Wildman–Crippen LogP) is 2.36. The number of nitrogens with two attached hydrogens (primary N) is 1. The highest BCUT2D eigenvalue weighted by molar-refractivity contribution is 5.23. The molecule has 1 aromatic carbocycles. The van der Waals surface area contributed by atoms with Crippen LogP contribution in [-0.4, -0.2) is 19.5 Å². The van der Waals surface area contributed by atoms with Gasteiger partial charge < -0.3 is 15.2 Å². The van der Waals surface area contributed by atoms with Gasteiger partial charge in [-0.05, 0) is 26.0 Å². The van der Waals surface area contributed by atoms with Gasteiger partial charge in [0.25, 0.3) is 0 Å². The van der Waals surface area contributed by atoms with Gasteiger partial charge in [-0.25, -0.2) is 8.78 Å². The van der Waals surface area contributed by atoms with E-state index in [1.54, 1.807) is 13.8 Å². The third-order valence-corrected chi connectivity index (χ3v) is 2.29. The highest BCUT2D eigenvalue weighted by Gasteiger charge is 2.25. The van der Waals surface area contributed by atoms with E-state index in [2.05, 4.69) is 0 Å². The van der Waals surface area contributed by atoms with Crippen LogP contribution >= 0.6 is 0 Å². The van der Waals surface area contributed by atoms with Crippen molar-refractivity contribution in [1.82, 2.24) is 0 Å². The van der Waals surface area contributed by atoms with E-state index in [1.165, 1.54) is 6.07 Å². The molecular weight excluding hydrogens is 228 g/mol. The Labute approximate surface area is 99.5 Å². The van der Waals surface area contributed by atoms with Gasteiger partial charge in [0.05, 0.1) is 6.04 Å². The zero-order valence-corrected chi connectivity index (χ0v) is 9.95. The van der Waals surface area contributed by atoms with Crippen LogP contribution in [0.3, 0.4) is 0 Å². The van der Waals surface area contributed by atoms with E-state index in [0.29, 0.717) is 13.2 Å². The van der Waals surface area contributed by atoms with Crippen LogP contribution in [0.1, 0.15) is 25.5 Å². The lowest BCUT2D eigenvalue weighted by atomic mass is 10.1. The van der Waals surface area contributed by atoms with Crippen molar-refractivity contribution in [3.8, 4) is 0 Å². The largest absolute Gasteiger partial charge is 0.351 e. The molecular formula is C12H17F2NO2. The number of hydrogen-bond donors (Lipinski definition) is 1. The summed E-state index contributed by atoms with van der Waals surface area (Å²) in [5, 5.41) is 0. The lowest BCUT2D eigenvalue weighted by molar-refractivity contribution is -0.150. The molecule has 0 aromatic heterocycles. The topological polar surface area (TPSA) is 44.5 Å². The van der Waals surface area contributed by atoms with Gasteiger partial charge in [0.1, 0.15) is 11.6 Å². The molecule has 0 aliphatic heterocycles. The summed E-state index contributed by atoms with van der Waals surface area (Å²) in [6.07, 6.45) is -0.851. The molecule has 5 heteroatoms. The van der Waals surface area contributed by atoms with Gasteiger partial charge in [-0.15, -0.1) is 0 Å². The molecule has 0 saturated carbocycles. The summed E-state index contributed by atoms with van der Waals surface area (Å²) in [4.78, 5) is 0. The first kappa shape index (κ1) is 14.0. The zero-order chi connectivity index (χ0) is 12.8. The van der Waals surface area contributed by atoms with Crippen molar-refractivity contribution in [3.63, 3.8) is 0 Å². The fourth-order valence-electron chi connectivity index (χ4n) is 1.55. The summed E-state index contributed by atoms with van der Waals surface area (Å²) >= 11 is 0. The van der Waals surface area contributed by atoms with Gasteiger partial charge in [-0.2, -0.15) is 0 Å². The molecule has 1 atom stereocenters. The number of rotatable bonds is 6. The van der Waals surface area contributed by atoms with Gasteiger partial charge in [-0.3, -0.25) is 0 Å². The van der Waals surface area contributed by atoms with Gasteiger partial charge in [0.15, 0.2) is 6.29 Å². The lowest BCUT2D eigenvalue weighted by Gasteiger charge is -2.24. The zero-order valence-electron chi connectivity index (χ0n) is 9.95. The van der Waals surface area contributed by atoms with E-state index in [4.69, 9.17) is 15.2 Å². The lowest BCUT2D eigenvalue weighted by Crippen LogP contribution is -2.33. The summed E-state index contributed by atoms with van der Waals surface area (Å²) in [6.45, 7) is 4.23. The molecule has 1 aromatic rings. The van der Waals surface area contributed by atoms with Crippen molar-refractivity contribution < 1.29 is 18.3 Å². The number of hydrogen-bond acceptors (Lipinski definition) is 3. The molecule has 1 rings (SSSR count). The Hall–Kier alpha value is -1.04. The van der Waals surface area contributed by atoms with Crippen molar-refractivity contribution >= 4 is 0 Å². The Bertz CT molecular complexity index is 334. The number of halogens is 2. The maximum Gasteiger partial charge on any atom is 0.176 e. The standard InChI is InChI=1S/C12H17F2NO2/c1-3-16-12(17-4-2)11(15)10-8(13)6-5-7-9(10)14/h5-7,11-12H,3-4,15H2,1-2H3. The smallest absolute Gasteiger partial charge is 0.176 e. The fraction of sp³-hybridized carbons (Fsp3) is 0.500. The Morgan fingerprint density at radius 2 is 1.59 bits per heavy atom. The Morgan fingerprint density at radius 1 is 1.12 bits per heavy atom. The highest BCUT2D eigenvalue weighted by Crippen LogP contribution is 2.23. The van der Waals surface area contributed by atoms with Gasteiger partial charge in [0, 0.05) is 18.8 Å². The van der Waals surface area contributed by atoms with E-state index in [9.17, 15) is 8.78 Å². The van der Waals surface area contributed by atoms with Crippen molar-refractivity contribution in [1.29, 1.82) is 0 Å². The third-order valence-electron chi connectivity index (χ3n) is 2.29. The third kappa shape index (κ3) is 3.46. The predicted molar refractivity (Wildman–Crippen MR) is 60.3 cm³/mol. The summed E-state index contributed by atoms with van der Waals surface area (Å²) in [5.74, 6) is -1.39. The fourth-order valence-corrected chi connectivity index (χ4v) is 1.55. The van der Waals surface area contributed by atoms with Crippen molar-refractivity contribution in [2.45, 2.75) is 26.2 Å². The maximum absolute atomic E-state index is 13.5. The second kappa shape index (κ2) is 6.64. The van der Waals surface area contributed by atoms with Gasteiger partial charge >= 0.3 is 0 Å². The van der Waals surface area contributed by atoms with Gasteiger partial charge in [0.2, 0.25) is 0 Å². The normalized spacial score (nSPS) is 13.1. The Kier molecular flexibility index (Phi) is 5.47. The molecule has 0 aliphatic carbocycles. The monoisotopic (exact) mass is 245 g/mol. The molecule has 0 amide bonds. The molecule has 0 aliphatic rings. The van der Waals surface area contributed by atoms with Crippen LogP contribution in [0.4, 0.5) is 8.78 Å². The number of benzene rings is 1. The minimum atomic E-state index is -0.990. The van der Waals surface area contributed by atoms with Crippen LogP contribution in [0.2, 0.25) is 0 Å². The molecule has 96 valence electrons. The average Bonchev–Trinajstić information content (AvgIpc) is 2.28. The Balaban J connectivity index is 2.95. The van der Waals surface area contributed by atoms with Crippen molar-refractivity contribution in [3.05, 3.63) is 35.4 Å². The van der Waals surface area contributed by atoms with Crippen LogP contribution in [0.5, 0.6) is 0 Å². The van der Waals surface area contributed by atoms with Crippen LogP contribution in [0.15, 0.2) is 18.2 Å². The molecule has 2 N–H and O–H groups in total. The van der Waals surface area contributed by atoms with Crippen molar-refractivity contribution in [2.75, 3.05) is 13.2 Å². The summed E-state index contributed by atoms with van der Waals surface area (Å²) in [5.41, 5.74) is 5.57. The second-order valence-electron chi connectivity index (χ2n) is 3.44. The van der Waals surface area contributed by atoms with E-state index >= 15 is 0 Å². The first-order valence-corrected chi connectivity index (χ1v) is 5.54. The average molecular weight is 245 g/mol. The SMILES string of the molecule is CCOC(OCC)C(N)c1c(F)cccc1F. The summed E-state index contributed by atoms with van der Waals surface area (Å²) in [7, 11) is 0. The van der Waals surface area contributed by atoms with E-state index in [-0.39, 0.29) is 5.56 Å².